The van der Waals surface area contributed by atoms with Gasteiger partial charge in [-0.15, -0.1) is 11.3 Å². The molecule has 2 aromatic heterocycles. The van der Waals surface area contributed by atoms with E-state index >= 15 is 0 Å². The molecule has 0 fully saturated rings. The Balaban J connectivity index is 2.07. The molecule has 0 spiro atoms. The first-order valence-electron chi connectivity index (χ1n) is 5.92. The fourth-order valence-corrected chi connectivity index (χ4v) is 2.88. The van der Waals surface area contributed by atoms with E-state index in [1.165, 1.54) is 4.88 Å². The number of rotatable bonds is 2. The van der Waals surface area contributed by atoms with Crippen molar-refractivity contribution in [2.75, 3.05) is 5.73 Å². The van der Waals surface area contributed by atoms with Gasteiger partial charge in [-0.3, -0.25) is 0 Å². The second-order valence-electron chi connectivity index (χ2n) is 4.31. The molecular weight excluding hydrogens is 258 g/mol. The summed E-state index contributed by atoms with van der Waals surface area (Å²) in [5.41, 5.74) is 8.91. The van der Waals surface area contributed by atoms with Crippen LogP contribution in [0.25, 0.3) is 22.8 Å². The van der Waals surface area contributed by atoms with E-state index in [0.717, 1.165) is 21.7 Å². The molecule has 5 heteroatoms. The van der Waals surface area contributed by atoms with Gasteiger partial charge in [-0.2, -0.15) is 4.98 Å². The Labute approximate surface area is 114 Å². The Morgan fingerprint density at radius 2 is 1.89 bits per heavy atom. The second-order valence-corrected chi connectivity index (χ2v) is 5.57. The Hall–Kier alpha value is -2.14. The highest BCUT2D eigenvalue weighted by atomic mass is 32.1. The van der Waals surface area contributed by atoms with Crippen molar-refractivity contribution in [3.8, 4) is 22.8 Å². The van der Waals surface area contributed by atoms with Gasteiger partial charge in [0.1, 0.15) is 0 Å². The summed E-state index contributed by atoms with van der Waals surface area (Å²) in [5, 5.41) is 4.74. The van der Waals surface area contributed by atoms with Gasteiger partial charge in [-0.25, -0.2) is 0 Å². The number of thiophene rings is 1. The van der Waals surface area contributed by atoms with Crippen molar-refractivity contribution in [3.63, 3.8) is 0 Å². The number of benzene rings is 1. The fraction of sp³-hybridized carbons (Fsp3) is 0.143. The summed E-state index contributed by atoms with van der Waals surface area (Å²) in [6.07, 6.45) is 0. The third-order valence-corrected chi connectivity index (χ3v) is 4.12. The van der Waals surface area contributed by atoms with E-state index in [1.807, 2.05) is 44.2 Å². The molecule has 2 N–H and O–H groups in total. The summed E-state index contributed by atoms with van der Waals surface area (Å²) >= 11 is 1.55. The average Bonchev–Trinajstić information content (AvgIpc) is 2.97. The molecule has 0 bridgehead atoms. The number of aryl methyl sites for hydroxylation is 1. The van der Waals surface area contributed by atoms with Gasteiger partial charge in [-0.1, -0.05) is 35.5 Å². The quantitative estimate of drug-likeness (QED) is 0.772. The molecule has 1 aromatic carbocycles. The molecule has 0 saturated carbocycles. The van der Waals surface area contributed by atoms with Crippen LogP contribution >= 0.6 is 11.3 Å². The highest BCUT2D eigenvalue weighted by Gasteiger charge is 2.18. The van der Waals surface area contributed by atoms with Crippen molar-refractivity contribution in [1.82, 2.24) is 10.1 Å². The number of nitrogen functional groups attached to an aromatic ring is 1. The van der Waals surface area contributed by atoms with Crippen LogP contribution in [0.3, 0.4) is 0 Å². The maximum atomic E-state index is 6.01. The predicted octanol–water partition coefficient (Wildman–Crippen LogP) is 3.66. The summed E-state index contributed by atoms with van der Waals surface area (Å²) in [4.78, 5) is 5.61. The van der Waals surface area contributed by atoms with Gasteiger partial charge < -0.3 is 10.3 Å². The number of nitrogens with two attached hydrogens (primary N) is 1. The first-order valence-corrected chi connectivity index (χ1v) is 6.73. The van der Waals surface area contributed by atoms with E-state index < -0.39 is 0 Å². The van der Waals surface area contributed by atoms with Crippen molar-refractivity contribution >= 4 is 16.3 Å². The van der Waals surface area contributed by atoms with Crippen molar-refractivity contribution in [1.29, 1.82) is 0 Å². The SMILES string of the molecule is Cc1sc(N)c(-c2nc(-c3ccccc3)no2)c1C. The lowest BCUT2D eigenvalue weighted by Gasteiger charge is -1.94. The lowest BCUT2D eigenvalue weighted by atomic mass is 10.1. The second kappa shape index (κ2) is 4.51. The van der Waals surface area contributed by atoms with E-state index in [-0.39, 0.29) is 0 Å². The van der Waals surface area contributed by atoms with E-state index in [1.54, 1.807) is 11.3 Å². The Bertz CT molecular complexity index is 716. The minimum Gasteiger partial charge on any atom is -0.390 e. The molecule has 3 rings (SSSR count). The number of nitrogens with zero attached hydrogens (tertiary/aromatic N) is 2. The van der Waals surface area contributed by atoms with Crippen molar-refractivity contribution in [2.24, 2.45) is 0 Å². The summed E-state index contributed by atoms with van der Waals surface area (Å²) in [7, 11) is 0. The molecule has 96 valence electrons. The van der Waals surface area contributed by atoms with Gasteiger partial charge in [0, 0.05) is 10.4 Å². The van der Waals surface area contributed by atoms with Crippen LogP contribution in [-0.2, 0) is 0 Å². The van der Waals surface area contributed by atoms with Crippen molar-refractivity contribution in [3.05, 3.63) is 40.8 Å². The maximum Gasteiger partial charge on any atom is 0.261 e. The highest BCUT2D eigenvalue weighted by molar-refractivity contribution is 7.16. The van der Waals surface area contributed by atoms with Crippen molar-refractivity contribution < 1.29 is 4.52 Å². The fourth-order valence-electron chi connectivity index (χ4n) is 1.95. The van der Waals surface area contributed by atoms with Crippen LogP contribution < -0.4 is 5.73 Å². The molecule has 0 atom stereocenters. The molecule has 0 aliphatic carbocycles. The minimum absolute atomic E-state index is 0.484. The van der Waals surface area contributed by atoms with Crippen LogP contribution in [0.2, 0.25) is 0 Å². The van der Waals surface area contributed by atoms with E-state index in [9.17, 15) is 0 Å². The number of hydrogen-bond donors (Lipinski definition) is 1. The lowest BCUT2D eigenvalue weighted by molar-refractivity contribution is 0.432. The topological polar surface area (TPSA) is 64.9 Å². The first kappa shape index (κ1) is 11.9. The van der Waals surface area contributed by atoms with E-state index in [4.69, 9.17) is 10.3 Å². The third-order valence-electron chi connectivity index (χ3n) is 3.08. The molecule has 3 aromatic rings. The van der Waals surface area contributed by atoms with Gasteiger partial charge in [0.05, 0.1) is 10.6 Å². The Morgan fingerprint density at radius 3 is 2.53 bits per heavy atom. The van der Waals surface area contributed by atoms with Gasteiger partial charge >= 0.3 is 0 Å². The van der Waals surface area contributed by atoms with Crippen LogP contribution in [-0.4, -0.2) is 10.1 Å². The molecular formula is C14H13N3OS. The first-order chi connectivity index (χ1) is 9.16. The maximum absolute atomic E-state index is 6.01. The molecule has 0 aliphatic heterocycles. The van der Waals surface area contributed by atoms with Crippen LogP contribution in [0.1, 0.15) is 10.4 Å². The standard InChI is InChI=1S/C14H13N3OS/c1-8-9(2)19-12(15)11(8)14-16-13(17-18-14)10-6-4-3-5-7-10/h3-7H,15H2,1-2H3. The molecule has 0 saturated heterocycles. The number of hydrogen-bond acceptors (Lipinski definition) is 5. The van der Waals surface area contributed by atoms with Crippen LogP contribution in [0.15, 0.2) is 34.9 Å². The molecule has 0 amide bonds. The number of anilines is 1. The van der Waals surface area contributed by atoms with Crippen LogP contribution in [0.4, 0.5) is 5.00 Å². The van der Waals surface area contributed by atoms with E-state index in [2.05, 4.69) is 10.1 Å². The zero-order valence-electron chi connectivity index (χ0n) is 10.7. The smallest absolute Gasteiger partial charge is 0.261 e. The van der Waals surface area contributed by atoms with Crippen LogP contribution in [0, 0.1) is 13.8 Å². The highest BCUT2D eigenvalue weighted by Crippen LogP contribution is 2.37. The largest absolute Gasteiger partial charge is 0.390 e. The van der Waals surface area contributed by atoms with E-state index in [0.29, 0.717) is 11.7 Å². The Kier molecular flexibility index (Phi) is 2.83. The number of aromatic nitrogens is 2. The summed E-state index contributed by atoms with van der Waals surface area (Å²) in [6, 6.07) is 9.74. The van der Waals surface area contributed by atoms with Crippen molar-refractivity contribution in [2.45, 2.75) is 13.8 Å². The third kappa shape index (κ3) is 2.02. The van der Waals surface area contributed by atoms with Gasteiger partial charge in [0.15, 0.2) is 0 Å². The zero-order chi connectivity index (χ0) is 13.4. The monoisotopic (exact) mass is 271 g/mol. The molecule has 0 radical (unpaired) electrons. The zero-order valence-corrected chi connectivity index (χ0v) is 11.5. The minimum atomic E-state index is 0.484. The van der Waals surface area contributed by atoms with Crippen LogP contribution in [0.5, 0.6) is 0 Å². The molecule has 0 aliphatic rings. The predicted molar refractivity (Wildman–Crippen MR) is 76.9 cm³/mol. The molecule has 19 heavy (non-hydrogen) atoms. The normalized spacial score (nSPS) is 10.8. The summed E-state index contributed by atoms with van der Waals surface area (Å²) < 4.78 is 5.35. The summed E-state index contributed by atoms with van der Waals surface area (Å²) in [6.45, 7) is 4.05. The lowest BCUT2D eigenvalue weighted by Crippen LogP contribution is -1.86. The Morgan fingerprint density at radius 1 is 1.16 bits per heavy atom. The molecule has 0 unspecified atom stereocenters. The summed E-state index contributed by atoms with van der Waals surface area (Å²) in [5.74, 6) is 1.07. The van der Waals surface area contributed by atoms with Gasteiger partial charge in [-0.05, 0) is 19.4 Å². The van der Waals surface area contributed by atoms with Gasteiger partial charge in [0.25, 0.3) is 5.89 Å². The average molecular weight is 271 g/mol. The molecule has 4 nitrogen and oxygen atoms in total. The molecule has 2 heterocycles. The van der Waals surface area contributed by atoms with Gasteiger partial charge in [0.2, 0.25) is 5.82 Å².